The average Bonchev–Trinajstić information content (AvgIpc) is 2.29. The first kappa shape index (κ1) is 14.1. The minimum absolute atomic E-state index is 0.289. The molecule has 0 saturated heterocycles. The summed E-state index contributed by atoms with van der Waals surface area (Å²) < 4.78 is 5.29. The highest BCUT2D eigenvalue weighted by molar-refractivity contribution is 6.35. The summed E-state index contributed by atoms with van der Waals surface area (Å²) in [5.41, 5.74) is 1.13. The van der Waals surface area contributed by atoms with E-state index in [9.17, 15) is 0 Å². The third kappa shape index (κ3) is 3.18. The van der Waals surface area contributed by atoms with Crippen LogP contribution in [-0.2, 0) is 4.74 Å². The van der Waals surface area contributed by atoms with Crippen molar-refractivity contribution in [1.29, 1.82) is 0 Å². The van der Waals surface area contributed by atoms with Gasteiger partial charge in [0.05, 0.1) is 6.10 Å². The molecule has 1 fully saturated rings. The second kappa shape index (κ2) is 6.25. The highest BCUT2D eigenvalue weighted by atomic mass is 35.5. The number of hydrogen-bond donors (Lipinski definition) is 1. The predicted octanol–water partition coefficient (Wildman–Crippen LogP) is 4.21. The molecule has 18 heavy (non-hydrogen) atoms. The summed E-state index contributed by atoms with van der Waals surface area (Å²) in [6.45, 7) is 2.16. The maximum Gasteiger partial charge on any atom is 0.0601 e. The van der Waals surface area contributed by atoms with Gasteiger partial charge in [0.2, 0.25) is 0 Å². The van der Waals surface area contributed by atoms with Crippen LogP contribution in [0, 0.1) is 0 Å². The number of benzene rings is 1. The third-order valence-corrected chi connectivity index (χ3v) is 4.17. The molecule has 1 aromatic carbocycles. The van der Waals surface area contributed by atoms with Crippen LogP contribution < -0.4 is 5.32 Å². The van der Waals surface area contributed by atoms with Crippen molar-refractivity contribution in [3.8, 4) is 0 Å². The minimum Gasteiger partial charge on any atom is -0.381 e. The third-order valence-electron chi connectivity index (χ3n) is 3.61. The van der Waals surface area contributed by atoms with E-state index < -0.39 is 0 Å². The Morgan fingerprint density at radius 3 is 2.67 bits per heavy atom. The number of methoxy groups -OCH3 is 1. The molecular weight excluding hydrogens is 269 g/mol. The van der Waals surface area contributed by atoms with Crippen molar-refractivity contribution in [1.82, 2.24) is 5.32 Å². The van der Waals surface area contributed by atoms with Crippen LogP contribution in [-0.4, -0.2) is 19.3 Å². The first-order chi connectivity index (χ1) is 8.63. The highest BCUT2D eigenvalue weighted by Crippen LogP contribution is 2.31. The number of nitrogens with one attached hydrogen (secondary N) is 1. The van der Waals surface area contributed by atoms with E-state index in [0.29, 0.717) is 17.2 Å². The van der Waals surface area contributed by atoms with Crippen molar-refractivity contribution in [3.63, 3.8) is 0 Å². The zero-order valence-electron chi connectivity index (χ0n) is 10.7. The maximum absolute atomic E-state index is 6.25. The summed E-state index contributed by atoms with van der Waals surface area (Å²) >= 11 is 12.2. The molecule has 1 unspecified atom stereocenters. The van der Waals surface area contributed by atoms with Gasteiger partial charge in [-0.1, -0.05) is 36.2 Å². The standard InChI is InChI=1S/C14H19Cl2NO/c1-3-14(17-10-7-11(8-10)18-2)12-5-4-9(15)6-13(12)16/h4-6,10-11,14,17H,3,7-8H2,1-2H3. The second-order valence-electron chi connectivity index (χ2n) is 4.82. The molecule has 1 aliphatic rings. The van der Waals surface area contributed by atoms with E-state index in [2.05, 4.69) is 12.2 Å². The summed E-state index contributed by atoms with van der Waals surface area (Å²) in [4.78, 5) is 0. The van der Waals surface area contributed by atoms with Crippen molar-refractivity contribution in [3.05, 3.63) is 33.8 Å². The quantitative estimate of drug-likeness (QED) is 0.876. The summed E-state index contributed by atoms with van der Waals surface area (Å²) in [6, 6.07) is 6.54. The van der Waals surface area contributed by atoms with Crippen LogP contribution >= 0.6 is 23.2 Å². The molecule has 1 aliphatic carbocycles. The van der Waals surface area contributed by atoms with Gasteiger partial charge in [-0.15, -0.1) is 0 Å². The van der Waals surface area contributed by atoms with Gasteiger partial charge >= 0.3 is 0 Å². The lowest BCUT2D eigenvalue weighted by molar-refractivity contribution is 0.0139. The van der Waals surface area contributed by atoms with Crippen molar-refractivity contribution in [2.45, 2.75) is 44.4 Å². The molecule has 0 radical (unpaired) electrons. The molecule has 1 atom stereocenters. The van der Waals surface area contributed by atoms with Gasteiger partial charge in [-0.3, -0.25) is 0 Å². The van der Waals surface area contributed by atoms with Crippen LogP contribution in [0.15, 0.2) is 18.2 Å². The summed E-state index contributed by atoms with van der Waals surface area (Å²) in [5.74, 6) is 0. The fourth-order valence-electron chi connectivity index (χ4n) is 2.39. The Morgan fingerprint density at radius 2 is 2.11 bits per heavy atom. The Bertz CT molecular complexity index is 405. The van der Waals surface area contributed by atoms with Crippen molar-refractivity contribution in [2.75, 3.05) is 7.11 Å². The number of ether oxygens (including phenoxy) is 1. The molecule has 0 aromatic heterocycles. The summed E-state index contributed by atoms with van der Waals surface area (Å²) in [6.07, 6.45) is 3.59. The fourth-order valence-corrected chi connectivity index (χ4v) is 2.93. The van der Waals surface area contributed by atoms with Crippen LogP contribution in [0.25, 0.3) is 0 Å². The van der Waals surface area contributed by atoms with Gasteiger partial charge in [0.15, 0.2) is 0 Å². The van der Waals surface area contributed by atoms with E-state index in [-0.39, 0.29) is 6.04 Å². The van der Waals surface area contributed by atoms with E-state index in [1.165, 1.54) is 0 Å². The largest absolute Gasteiger partial charge is 0.381 e. The number of rotatable bonds is 5. The van der Waals surface area contributed by atoms with Gasteiger partial charge in [0, 0.05) is 29.2 Å². The van der Waals surface area contributed by atoms with E-state index in [0.717, 1.165) is 29.8 Å². The molecule has 0 spiro atoms. The number of hydrogen-bond acceptors (Lipinski definition) is 2. The van der Waals surface area contributed by atoms with Crippen LogP contribution in [0.1, 0.15) is 37.8 Å². The van der Waals surface area contributed by atoms with Gasteiger partial charge < -0.3 is 10.1 Å². The Labute approximate surface area is 119 Å². The molecule has 1 N–H and O–H groups in total. The Hall–Kier alpha value is -0.280. The van der Waals surface area contributed by atoms with E-state index in [1.807, 2.05) is 18.2 Å². The SMILES string of the molecule is CCC(NC1CC(OC)C1)c1ccc(Cl)cc1Cl. The molecule has 0 amide bonds. The maximum atomic E-state index is 6.25. The molecule has 4 heteroatoms. The topological polar surface area (TPSA) is 21.3 Å². The summed E-state index contributed by atoms with van der Waals surface area (Å²) in [5, 5.41) is 5.06. The van der Waals surface area contributed by atoms with E-state index in [4.69, 9.17) is 27.9 Å². The zero-order valence-corrected chi connectivity index (χ0v) is 12.3. The number of halogens is 2. The molecule has 1 saturated carbocycles. The van der Waals surface area contributed by atoms with Gasteiger partial charge in [-0.2, -0.15) is 0 Å². The van der Waals surface area contributed by atoms with Crippen molar-refractivity contribution < 1.29 is 4.74 Å². The zero-order chi connectivity index (χ0) is 13.1. The van der Waals surface area contributed by atoms with Gasteiger partial charge in [0.25, 0.3) is 0 Å². The molecule has 100 valence electrons. The second-order valence-corrected chi connectivity index (χ2v) is 5.66. The Balaban J connectivity index is 2.00. The van der Waals surface area contributed by atoms with Crippen LogP contribution in [0.3, 0.4) is 0 Å². The van der Waals surface area contributed by atoms with Crippen molar-refractivity contribution >= 4 is 23.2 Å². The summed E-state index contributed by atoms with van der Waals surface area (Å²) in [7, 11) is 1.77. The van der Waals surface area contributed by atoms with Crippen LogP contribution in [0.5, 0.6) is 0 Å². The first-order valence-corrected chi connectivity index (χ1v) is 7.13. The van der Waals surface area contributed by atoms with E-state index >= 15 is 0 Å². The van der Waals surface area contributed by atoms with Gasteiger partial charge in [0.1, 0.15) is 0 Å². The normalized spacial score (nSPS) is 24.7. The van der Waals surface area contributed by atoms with Gasteiger partial charge in [-0.25, -0.2) is 0 Å². The smallest absolute Gasteiger partial charge is 0.0601 e. The monoisotopic (exact) mass is 287 g/mol. The molecular formula is C14H19Cl2NO. The van der Waals surface area contributed by atoms with Crippen molar-refractivity contribution in [2.24, 2.45) is 0 Å². The predicted molar refractivity (Wildman–Crippen MR) is 76.4 cm³/mol. The molecule has 0 aliphatic heterocycles. The lowest BCUT2D eigenvalue weighted by Crippen LogP contribution is -2.46. The molecule has 0 heterocycles. The first-order valence-electron chi connectivity index (χ1n) is 6.37. The molecule has 0 bridgehead atoms. The van der Waals surface area contributed by atoms with Gasteiger partial charge in [-0.05, 0) is 37.0 Å². The minimum atomic E-state index is 0.289. The Kier molecular flexibility index (Phi) is 4.91. The lowest BCUT2D eigenvalue weighted by atomic mass is 9.87. The molecule has 1 aromatic rings. The fraction of sp³-hybridized carbons (Fsp3) is 0.571. The van der Waals surface area contributed by atoms with Crippen LogP contribution in [0.2, 0.25) is 10.0 Å². The molecule has 2 nitrogen and oxygen atoms in total. The average molecular weight is 288 g/mol. The van der Waals surface area contributed by atoms with Crippen LogP contribution in [0.4, 0.5) is 0 Å². The molecule has 2 rings (SSSR count). The highest BCUT2D eigenvalue weighted by Gasteiger charge is 2.30. The van der Waals surface area contributed by atoms with E-state index in [1.54, 1.807) is 7.11 Å². The lowest BCUT2D eigenvalue weighted by Gasteiger charge is -2.37. The Morgan fingerprint density at radius 1 is 1.39 bits per heavy atom.